The molecule has 0 aliphatic carbocycles. The van der Waals surface area contributed by atoms with E-state index in [0.29, 0.717) is 6.17 Å². The molecule has 1 atom stereocenters. The molecule has 0 fully saturated rings. The van der Waals surface area contributed by atoms with Crippen LogP contribution in [0.25, 0.3) is 0 Å². The van der Waals surface area contributed by atoms with Crippen molar-refractivity contribution < 1.29 is 0 Å². The highest BCUT2D eigenvalue weighted by atomic mass is 15.4. The predicted molar refractivity (Wildman–Crippen MR) is 85.8 cm³/mol. The molecule has 0 N–H and O–H groups in total. The zero-order valence-corrected chi connectivity index (χ0v) is 12.2. The number of rotatable bonds is 2. The van der Waals surface area contributed by atoms with Gasteiger partial charge in [-0.25, -0.2) is 0 Å². The Morgan fingerprint density at radius 1 is 0.850 bits per heavy atom. The van der Waals surface area contributed by atoms with Crippen LogP contribution in [-0.4, -0.2) is 6.17 Å². The third-order valence-corrected chi connectivity index (χ3v) is 3.91. The maximum Gasteiger partial charge on any atom is 0.107 e. The SMILES string of the molecule is CC1=CN(c2ccccc2)C(C)N1c1ccccc1C. The monoisotopic (exact) mass is 264 g/mol. The Labute approximate surface area is 121 Å². The molecule has 1 aliphatic heterocycles. The topological polar surface area (TPSA) is 6.48 Å². The van der Waals surface area contributed by atoms with Gasteiger partial charge < -0.3 is 9.80 Å². The first-order chi connectivity index (χ1) is 9.68. The summed E-state index contributed by atoms with van der Waals surface area (Å²) in [6.07, 6.45) is 2.52. The van der Waals surface area contributed by atoms with Crippen LogP contribution in [0.5, 0.6) is 0 Å². The van der Waals surface area contributed by atoms with E-state index in [2.05, 4.69) is 91.4 Å². The van der Waals surface area contributed by atoms with Crippen molar-refractivity contribution in [2.24, 2.45) is 0 Å². The summed E-state index contributed by atoms with van der Waals surface area (Å²) in [6, 6.07) is 19.1. The zero-order valence-electron chi connectivity index (χ0n) is 12.2. The average molecular weight is 264 g/mol. The molecular formula is C18H20N2. The highest BCUT2D eigenvalue weighted by Gasteiger charge is 2.28. The molecule has 0 spiro atoms. The largest absolute Gasteiger partial charge is 0.325 e. The van der Waals surface area contributed by atoms with Crippen LogP contribution in [0.4, 0.5) is 11.4 Å². The van der Waals surface area contributed by atoms with Crippen molar-refractivity contribution in [3.8, 4) is 0 Å². The van der Waals surface area contributed by atoms with Crippen LogP contribution < -0.4 is 9.80 Å². The van der Waals surface area contributed by atoms with Gasteiger partial charge in [0.1, 0.15) is 6.17 Å². The molecule has 2 heteroatoms. The number of para-hydroxylation sites is 2. The lowest BCUT2D eigenvalue weighted by Gasteiger charge is -2.32. The predicted octanol–water partition coefficient (Wildman–Crippen LogP) is 4.53. The maximum absolute atomic E-state index is 2.39. The first-order valence-corrected chi connectivity index (χ1v) is 7.05. The molecule has 2 nitrogen and oxygen atoms in total. The van der Waals surface area contributed by atoms with Crippen molar-refractivity contribution in [2.75, 3.05) is 9.80 Å². The van der Waals surface area contributed by atoms with Crippen molar-refractivity contribution in [1.29, 1.82) is 0 Å². The molecule has 0 bridgehead atoms. The molecular weight excluding hydrogens is 244 g/mol. The fourth-order valence-corrected chi connectivity index (χ4v) is 2.91. The van der Waals surface area contributed by atoms with E-state index < -0.39 is 0 Å². The fraction of sp³-hybridized carbons (Fsp3) is 0.222. The Bertz CT molecular complexity index is 631. The Hall–Kier alpha value is -2.22. The zero-order chi connectivity index (χ0) is 14.1. The van der Waals surface area contributed by atoms with Crippen LogP contribution in [0.3, 0.4) is 0 Å². The van der Waals surface area contributed by atoms with Crippen LogP contribution in [0.15, 0.2) is 66.5 Å². The number of allylic oxidation sites excluding steroid dienone is 1. The highest BCUT2D eigenvalue weighted by Crippen LogP contribution is 2.34. The van der Waals surface area contributed by atoms with Crippen molar-refractivity contribution >= 4 is 11.4 Å². The number of aryl methyl sites for hydroxylation is 1. The molecule has 20 heavy (non-hydrogen) atoms. The fourth-order valence-electron chi connectivity index (χ4n) is 2.91. The minimum atomic E-state index is 0.290. The summed E-state index contributed by atoms with van der Waals surface area (Å²) in [7, 11) is 0. The number of hydrogen-bond acceptors (Lipinski definition) is 2. The first kappa shape index (κ1) is 12.8. The lowest BCUT2D eigenvalue weighted by molar-refractivity contribution is 0.736. The van der Waals surface area contributed by atoms with Crippen molar-refractivity contribution in [1.82, 2.24) is 0 Å². The molecule has 0 aromatic heterocycles. The lowest BCUT2D eigenvalue weighted by atomic mass is 10.1. The second kappa shape index (κ2) is 5.04. The summed E-state index contributed by atoms with van der Waals surface area (Å²) in [6.45, 7) is 6.58. The van der Waals surface area contributed by atoms with E-state index in [0.717, 1.165) is 0 Å². The lowest BCUT2D eigenvalue weighted by Crippen LogP contribution is -2.37. The smallest absolute Gasteiger partial charge is 0.107 e. The Morgan fingerprint density at radius 2 is 1.50 bits per heavy atom. The molecule has 1 unspecified atom stereocenters. The second-order valence-electron chi connectivity index (χ2n) is 5.30. The summed E-state index contributed by atoms with van der Waals surface area (Å²) in [5, 5.41) is 0. The standard InChI is InChI=1S/C18H20N2/c1-14-9-7-8-12-18(14)20-15(2)13-19(16(20)3)17-10-5-4-6-11-17/h4-13,16H,1-3H3. The Kier molecular flexibility index (Phi) is 3.23. The van der Waals surface area contributed by atoms with Gasteiger partial charge >= 0.3 is 0 Å². The molecule has 0 saturated carbocycles. The van der Waals surface area contributed by atoms with Gasteiger partial charge in [-0.3, -0.25) is 0 Å². The van der Waals surface area contributed by atoms with E-state index in [1.165, 1.54) is 22.6 Å². The molecule has 0 amide bonds. The van der Waals surface area contributed by atoms with Crippen molar-refractivity contribution in [3.63, 3.8) is 0 Å². The van der Waals surface area contributed by atoms with Gasteiger partial charge in [0.15, 0.2) is 0 Å². The third-order valence-electron chi connectivity index (χ3n) is 3.91. The minimum absolute atomic E-state index is 0.290. The molecule has 0 saturated heterocycles. The summed E-state index contributed by atoms with van der Waals surface area (Å²) >= 11 is 0. The van der Waals surface area contributed by atoms with E-state index in [9.17, 15) is 0 Å². The van der Waals surface area contributed by atoms with Gasteiger partial charge in [-0.05, 0) is 44.5 Å². The molecule has 2 aromatic carbocycles. The first-order valence-electron chi connectivity index (χ1n) is 7.05. The summed E-state index contributed by atoms with van der Waals surface area (Å²) in [5.74, 6) is 0. The van der Waals surface area contributed by atoms with E-state index >= 15 is 0 Å². The number of benzene rings is 2. The van der Waals surface area contributed by atoms with Gasteiger partial charge in [0, 0.05) is 23.3 Å². The molecule has 102 valence electrons. The van der Waals surface area contributed by atoms with Gasteiger partial charge in [0.05, 0.1) is 0 Å². The highest BCUT2D eigenvalue weighted by molar-refractivity contribution is 5.65. The maximum atomic E-state index is 2.39. The number of anilines is 2. The molecule has 1 heterocycles. The van der Waals surface area contributed by atoms with Crippen molar-refractivity contribution in [2.45, 2.75) is 26.9 Å². The second-order valence-corrected chi connectivity index (χ2v) is 5.30. The van der Waals surface area contributed by atoms with Crippen LogP contribution in [0, 0.1) is 6.92 Å². The third kappa shape index (κ3) is 2.07. The van der Waals surface area contributed by atoms with Gasteiger partial charge in [-0.15, -0.1) is 0 Å². The van der Waals surface area contributed by atoms with E-state index in [-0.39, 0.29) is 0 Å². The van der Waals surface area contributed by atoms with E-state index in [4.69, 9.17) is 0 Å². The quantitative estimate of drug-likeness (QED) is 0.786. The summed E-state index contributed by atoms with van der Waals surface area (Å²) in [4.78, 5) is 4.71. The molecule has 0 radical (unpaired) electrons. The van der Waals surface area contributed by atoms with Gasteiger partial charge in [-0.2, -0.15) is 0 Å². The van der Waals surface area contributed by atoms with Gasteiger partial charge in [0.25, 0.3) is 0 Å². The normalized spacial score (nSPS) is 18.4. The van der Waals surface area contributed by atoms with Crippen LogP contribution in [-0.2, 0) is 0 Å². The van der Waals surface area contributed by atoms with Crippen LogP contribution >= 0.6 is 0 Å². The van der Waals surface area contributed by atoms with Crippen LogP contribution in [0.2, 0.25) is 0 Å². The molecule has 3 rings (SSSR count). The van der Waals surface area contributed by atoms with E-state index in [1.807, 2.05) is 0 Å². The van der Waals surface area contributed by atoms with Gasteiger partial charge in [-0.1, -0.05) is 36.4 Å². The minimum Gasteiger partial charge on any atom is -0.325 e. The number of hydrogen-bond donors (Lipinski definition) is 0. The summed E-state index contributed by atoms with van der Waals surface area (Å²) in [5.41, 5.74) is 5.10. The Morgan fingerprint density at radius 3 is 2.20 bits per heavy atom. The number of nitrogens with zero attached hydrogens (tertiary/aromatic N) is 2. The average Bonchev–Trinajstić information content (AvgIpc) is 2.76. The molecule has 2 aromatic rings. The van der Waals surface area contributed by atoms with Gasteiger partial charge in [0.2, 0.25) is 0 Å². The van der Waals surface area contributed by atoms with E-state index in [1.54, 1.807) is 0 Å². The van der Waals surface area contributed by atoms with Crippen LogP contribution in [0.1, 0.15) is 19.4 Å². The Balaban J connectivity index is 1.97. The summed E-state index contributed by atoms with van der Waals surface area (Å²) < 4.78 is 0. The molecule has 1 aliphatic rings. The van der Waals surface area contributed by atoms with Crippen molar-refractivity contribution in [3.05, 3.63) is 72.1 Å².